The van der Waals surface area contributed by atoms with Crippen LogP contribution in [0.2, 0.25) is 0 Å². The number of carbonyl (C=O) groups excluding carboxylic acids is 1. The van der Waals surface area contributed by atoms with Gasteiger partial charge in [-0.25, -0.2) is 4.98 Å². The van der Waals surface area contributed by atoms with Gasteiger partial charge in [-0.15, -0.1) is 5.10 Å². The Morgan fingerprint density at radius 3 is 2.76 bits per heavy atom. The van der Waals surface area contributed by atoms with Crippen LogP contribution in [0.15, 0.2) is 35.5 Å². The van der Waals surface area contributed by atoms with Crippen LogP contribution in [0.4, 0.5) is 5.69 Å². The number of aryl methyl sites for hydroxylation is 1. The molecule has 0 saturated carbocycles. The summed E-state index contributed by atoms with van der Waals surface area (Å²) in [4.78, 5) is 18.5. The number of aromatic amines is 1. The number of hydrogen-bond donors (Lipinski definition) is 1. The molecule has 0 saturated heterocycles. The lowest BCUT2D eigenvalue weighted by Gasteiger charge is -2.20. The largest absolute Gasteiger partial charge is 0.315 e. The van der Waals surface area contributed by atoms with Gasteiger partial charge >= 0.3 is 0 Å². The molecule has 0 fully saturated rings. The summed E-state index contributed by atoms with van der Waals surface area (Å²) in [5, 5.41) is 7.44. The summed E-state index contributed by atoms with van der Waals surface area (Å²) in [6, 6.07) is 9.61. The number of hydrogen-bond acceptors (Lipinski definition) is 4. The molecule has 1 atom stereocenters. The van der Waals surface area contributed by atoms with E-state index in [9.17, 15) is 4.79 Å². The van der Waals surface area contributed by atoms with Crippen molar-refractivity contribution in [3.05, 3.63) is 36.2 Å². The smallest absolute Gasteiger partial charge is 0.240 e. The fourth-order valence-corrected chi connectivity index (χ4v) is 2.78. The van der Waals surface area contributed by atoms with Crippen LogP contribution in [0.5, 0.6) is 0 Å². The second-order valence-electron chi connectivity index (χ2n) is 4.81. The predicted molar refractivity (Wildman–Crippen MR) is 85.5 cm³/mol. The van der Waals surface area contributed by atoms with Gasteiger partial charge in [-0.1, -0.05) is 36.9 Å². The number of amides is 1. The molecule has 1 aromatic carbocycles. The van der Waals surface area contributed by atoms with E-state index in [1.54, 1.807) is 11.9 Å². The fourth-order valence-electron chi connectivity index (χ4n) is 1.94. The van der Waals surface area contributed by atoms with E-state index in [0.717, 1.165) is 24.4 Å². The van der Waals surface area contributed by atoms with Crippen molar-refractivity contribution in [1.29, 1.82) is 0 Å². The monoisotopic (exact) mass is 304 g/mol. The molecule has 0 aliphatic heterocycles. The molecule has 1 aromatic heterocycles. The van der Waals surface area contributed by atoms with E-state index < -0.39 is 0 Å². The Morgan fingerprint density at radius 2 is 2.10 bits per heavy atom. The molecule has 21 heavy (non-hydrogen) atoms. The van der Waals surface area contributed by atoms with Gasteiger partial charge < -0.3 is 4.90 Å². The van der Waals surface area contributed by atoms with Crippen LogP contribution >= 0.6 is 11.8 Å². The SMILES string of the molecule is CCCc1nc(SC(C)C(=O)N(C)c2ccccc2)n[nH]1. The Kier molecular flexibility index (Phi) is 5.38. The van der Waals surface area contributed by atoms with Crippen LogP contribution in [0.25, 0.3) is 0 Å². The fraction of sp³-hybridized carbons (Fsp3) is 0.400. The van der Waals surface area contributed by atoms with E-state index in [0.29, 0.717) is 5.16 Å². The number of rotatable bonds is 6. The van der Waals surface area contributed by atoms with E-state index in [1.165, 1.54) is 11.8 Å². The number of carbonyl (C=O) groups is 1. The maximum atomic E-state index is 12.4. The quantitative estimate of drug-likeness (QED) is 0.834. The highest BCUT2D eigenvalue weighted by atomic mass is 32.2. The average molecular weight is 304 g/mol. The molecule has 0 spiro atoms. The van der Waals surface area contributed by atoms with E-state index in [4.69, 9.17) is 0 Å². The highest BCUT2D eigenvalue weighted by Crippen LogP contribution is 2.23. The number of thioether (sulfide) groups is 1. The summed E-state index contributed by atoms with van der Waals surface area (Å²) < 4.78 is 0. The summed E-state index contributed by atoms with van der Waals surface area (Å²) in [6.07, 6.45) is 1.89. The predicted octanol–water partition coefficient (Wildman–Crippen LogP) is 2.90. The minimum atomic E-state index is -0.236. The van der Waals surface area contributed by atoms with Crippen LogP contribution in [0, 0.1) is 0 Å². The Labute approximate surface area is 129 Å². The van der Waals surface area contributed by atoms with Crippen LogP contribution in [0.1, 0.15) is 26.1 Å². The first-order chi connectivity index (χ1) is 10.1. The Morgan fingerprint density at radius 1 is 1.38 bits per heavy atom. The van der Waals surface area contributed by atoms with Crippen molar-refractivity contribution in [2.45, 2.75) is 37.1 Å². The Balaban J connectivity index is 1.98. The number of aromatic nitrogens is 3. The zero-order chi connectivity index (χ0) is 15.2. The normalized spacial score (nSPS) is 12.1. The zero-order valence-electron chi connectivity index (χ0n) is 12.5. The van der Waals surface area contributed by atoms with E-state index in [2.05, 4.69) is 22.1 Å². The topological polar surface area (TPSA) is 61.9 Å². The van der Waals surface area contributed by atoms with Crippen LogP contribution in [-0.4, -0.2) is 33.4 Å². The molecule has 1 amide bonds. The third-order valence-electron chi connectivity index (χ3n) is 3.10. The highest BCUT2D eigenvalue weighted by Gasteiger charge is 2.21. The summed E-state index contributed by atoms with van der Waals surface area (Å²) in [5.74, 6) is 0.907. The zero-order valence-corrected chi connectivity index (χ0v) is 13.4. The summed E-state index contributed by atoms with van der Waals surface area (Å²) in [7, 11) is 1.79. The first-order valence-corrected chi connectivity index (χ1v) is 7.90. The third-order valence-corrected chi connectivity index (χ3v) is 4.05. The second kappa shape index (κ2) is 7.26. The third kappa shape index (κ3) is 4.07. The molecule has 2 aromatic rings. The molecule has 1 N–H and O–H groups in total. The number of nitrogens with one attached hydrogen (secondary N) is 1. The number of H-pyrrole nitrogens is 1. The first kappa shape index (κ1) is 15.6. The summed E-state index contributed by atoms with van der Waals surface area (Å²) in [6.45, 7) is 3.97. The van der Waals surface area contributed by atoms with Gasteiger partial charge in [0.25, 0.3) is 0 Å². The molecule has 0 aliphatic rings. The number of anilines is 1. The minimum absolute atomic E-state index is 0.0352. The lowest BCUT2D eigenvalue weighted by atomic mass is 10.3. The Hall–Kier alpha value is -1.82. The lowest BCUT2D eigenvalue weighted by Crippen LogP contribution is -2.33. The standard InChI is InChI=1S/C15H20N4OS/c1-4-8-13-16-15(18-17-13)21-11(2)14(20)19(3)12-9-6-5-7-10-12/h5-7,9-11H,4,8H2,1-3H3,(H,16,17,18). The van der Waals surface area contributed by atoms with Gasteiger partial charge in [0.05, 0.1) is 5.25 Å². The van der Waals surface area contributed by atoms with Gasteiger partial charge in [0.1, 0.15) is 5.82 Å². The van der Waals surface area contributed by atoms with Crippen LogP contribution < -0.4 is 4.90 Å². The molecule has 112 valence electrons. The van der Waals surface area contributed by atoms with E-state index >= 15 is 0 Å². The Bertz CT molecular complexity index is 584. The molecular weight excluding hydrogens is 284 g/mol. The van der Waals surface area contributed by atoms with Crippen molar-refractivity contribution in [2.75, 3.05) is 11.9 Å². The molecule has 0 radical (unpaired) electrons. The maximum absolute atomic E-state index is 12.4. The van der Waals surface area contributed by atoms with Gasteiger partial charge in [-0.2, -0.15) is 0 Å². The number of benzene rings is 1. The molecule has 2 rings (SSSR count). The number of para-hydroxylation sites is 1. The molecule has 1 heterocycles. The van der Waals surface area contributed by atoms with E-state index in [1.807, 2.05) is 37.3 Å². The van der Waals surface area contributed by atoms with Crippen LogP contribution in [0.3, 0.4) is 0 Å². The molecule has 1 unspecified atom stereocenters. The second-order valence-corrected chi connectivity index (χ2v) is 6.12. The molecule has 6 heteroatoms. The average Bonchev–Trinajstić information content (AvgIpc) is 2.94. The van der Waals surface area contributed by atoms with Gasteiger partial charge in [0, 0.05) is 19.2 Å². The van der Waals surface area contributed by atoms with E-state index in [-0.39, 0.29) is 11.2 Å². The van der Waals surface area contributed by atoms with Gasteiger partial charge in [0.2, 0.25) is 11.1 Å². The molecular formula is C15H20N4OS. The molecule has 0 bridgehead atoms. The van der Waals surface area contributed by atoms with Crippen LogP contribution in [-0.2, 0) is 11.2 Å². The van der Waals surface area contributed by atoms with Crippen molar-refractivity contribution in [3.63, 3.8) is 0 Å². The molecule has 5 nitrogen and oxygen atoms in total. The summed E-state index contributed by atoms with van der Waals surface area (Å²) in [5.41, 5.74) is 0.886. The van der Waals surface area contributed by atoms with Gasteiger partial charge in [-0.05, 0) is 25.5 Å². The van der Waals surface area contributed by atoms with Crippen molar-refractivity contribution < 1.29 is 4.79 Å². The van der Waals surface area contributed by atoms with Crippen molar-refractivity contribution >= 4 is 23.4 Å². The first-order valence-electron chi connectivity index (χ1n) is 7.02. The lowest BCUT2D eigenvalue weighted by molar-refractivity contribution is -0.117. The minimum Gasteiger partial charge on any atom is -0.315 e. The highest BCUT2D eigenvalue weighted by molar-refractivity contribution is 8.00. The maximum Gasteiger partial charge on any atom is 0.240 e. The van der Waals surface area contributed by atoms with Gasteiger partial charge in [0.15, 0.2) is 0 Å². The van der Waals surface area contributed by atoms with Crippen molar-refractivity contribution in [3.8, 4) is 0 Å². The summed E-state index contributed by atoms with van der Waals surface area (Å²) >= 11 is 1.38. The number of nitrogens with zero attached hydrogens (tertiary/aromatic N) is 3. The van der Waals surface area contributed by atoms with Gasteiger partial charge in [-0.3, -0.25) is 9.89 Å². The van der Waals surface area contributed by atoms with Crippen molar-refractivity contribution in [2.24, 2.45) is 0 Å². The van der Waals surface area contributed by atoms with Crippen molar-refractivity contribution in [1.82, 2.24) is 15.2 Å². The molecule has 0 aliphatic carbocycles.